The molecule has 3 aromatic rings. The van der Waals surface area contributed by atoms with Gasteiger partial charge in [0.25, 0.3) is 5.19 Å². The van der Waals surface area contributed by atoms with Gasteiger partial charge in [-0.05, 0) is 68.4 Å². The zero-order valence-corrected chi connectivity index (χ0v) is 20.4. The number of benzene rings is 2. The van der Waals surface area contributed by atoms with Crippen molar-refractivity contribution in [1.29, 1.82) is 0 Å². The summed E-state index contributed by atoms with van der Waals surface area (Å²) in [4.78, 5) is 19.3. The van der Waals surface area contributed by atoms with E-state index in [1.54, 1.807) is 11.3 Å². The van der Waals surface area contributed by atoms with Gasteiger partial charge in [0.15, 0.2) is 0 Å². The Labute approximate surface area is 205 Å². The third-order valence-corrected chi connectivity index (χ3v) is 7.74. The van der Waals surface area contributed by atoms with Crippen LogP contribution in [0.2, 0.25) is 0 Å². The molecule has 1 N–H and O–H groups in total. The van der Waals surface area contributed by atoms with Crippen molar-refractivity contribution in [3.8, 4) is 10.9 Å². The highest BCUT2D eigenvalue weighted by Crippen LogP contribution is 2.31. The van der Waals surface area contributed by atoms with Crippen LogP contribution in [0, 0.1) is 0 Å². The van der Waals surface area contributed by atoms with Crippen molar-refractivity contribution < 1.29 is 14.3 Å². The molecule has 34 heavy (non-hydrogen) atoms. The summed E-state index contributed by atoms with van der Waals surface area (Å²) in [6.07, 6.45) is 7.50. The Morgan fingerprint density at radius 1 is 1.09 bits per heavy atom. The fourth-order valence-corrected chi connectivity index (χ4v) is 5.45. The summed E-state index contributed by atoms with van der Waals surface area (Å²) in [7, 11) is 0. The number of thiazole rings is 1. The number of carbonyl (C=O) groups excluding carboxylic acids is 1. The molecule has 1 aromatic heterocycles. The summed E-state index contributed by atoms with van der Waals surface area (Å²) in [6.45, 7) is 3.50. The predicted molar refractivity (Wildman–Crippen MR) is 136 cm³/mol. The largest absolute Gasteiger partial charge is 0.431 e. The van der Waals surface area contributed by atoms with E-state index in [1.807, 2.05) is 30.3 Å². The molecule has 1 aliphatic heterocycles. The van der Waals surface area contributed by atoms with Gasteiger partial charge in [-0.15, -0.1) is 0 Å². The average molecular weight is 480 g/mol. The molecule has 180 valence electrons. The van der Waals surface area contributed by atoms with Crippen LogP contribution in [0.4, 0.5) is 0 Å². The summed E-state index contributed by atoms with van der Waals surface area (Å²) in [5.74, 6) is 0.876. The smallest absolute Gasteiger partial charge is 0.279 e. The molecule has 1 saturated carbocycles. The third-order valence-electron chi connectivity index (χ3n) is 6.83. The fraction of sp³-hybridized carbons (Fsp3) is 0.481. The minimum absolute atomic E-state index is 0.0563. The van der Waals surface area contributed by atoms with Crippen molar-refractivity contribution in [2.24, 2.45) is 0 Å². The van der Waals surface area contributed by atoms with Gasteiger partial charge in [-0.3, -0.25) is 9.69 Å². The molecule has 2 fully saturated rings. The highest BCUT2D eigenvalue weighted by atomic mass is 32.1. The summed E-state index contributed by atoms with van der Waals surface area (Å²) in [5.41, 5.74) is 2.29. The van der Waals surface area contributed by atoms with Crippen molar-refractivity contribution >= 4 is 27.5 Å². The van der Waals surface area contributed by atoms with Gasteiger partial charge in [-0.2, -0.15) is 0 Å². The number of para-hydroxylation sites is 1. The zero-order chi connectivity index (χ0) is 23.2. The van der Waals surface area contributed by atoms with Crippen molar-refractivity contribution in [3.05, 3.63) is 54.1 Å². The molecule has 2 aliphatic rings. The Hall–Kier alpha value is -2.48. The van der Waals surface area contributed by atoms with Gasteiger partial charge in [-0.25, -0.2) is 4.98 Å². The first-order chi connectivity index (χ1) is 16.7. The fourth-order valence-electron chi connectivity index (χ4n) is 4.61. The number of fused-ring (bicyclic) bond motifs is 1. The zero-order valence-electron chi connectivity index (χ0n) is 19.6. The standard InChI is InChI=1S/C27H33N3O3S/c31-26(24-9-4-19-32-24)28-16-5-17-30(21-6-3-7-21)18-15-20-11-13-22(14-12-20)33-27-29-23-8-1-2-10-25(23)34-27/h1-2,8,10-14,21,24H,3-7,9,15-19H2,(H,28,31). The number of nitrogens with one attached hydrogen (secondary N) is 1. The second-order valence-corrected chi connectivity index (χ2v) is 10.2. The molecule has 6 nitrogen and oxygen atoms in total. The first-order valence-corrected chi connectivity index (χ1v) is 13.3. The minimum atomic E-state index is -0.232. The molecule has 1 saturated heterocycles. The molecule has 5 rings (SSSR count). The Bertz CT molecular complexity index is 1040. The molecule has 2 heterocycles. The van der Waals surface area contributed by atoms with E-state index in [0.717, 1.165) is 61.3 Å². The topological polar surface area (TPSA) is 63.7 Å². The highest BCUT2D eigenvalue weighted by molar-refractivity contribution is 7.20. The number of hydrogen-bond acceptors (Lipinski definition) is 6. The predicted octanol–water partition coefficient (Wildman–Crippen LogP) is 5.17. The van der Waals surface area contributed by atoms with E-state index in [4.69, 9.17) is 9.47 Å². The molecule has 1 atom stereocenters. The van der Waals surface area contributed by atoms with Gasteiger partial charge < -0.3 is 14.8 Å². The summed E-state index contributed by atoms with van der Waals surface area (Å²) in [6, 6.07) is 17.2. The van der Waals surface area contributed by atoms with Crippen LogP contribution in [0.25, 0.3) is 10.2 Å². The third kappa shape index (κ3) is 5.95. The molecule has 2 aromatic carbocycles. The van der Waals surface area contributed by atoms with E-state index in [0.29, 0.717) is 17.8 Å². The Morgan fingerprint density at radius 3 is 2.68 bits per heavy atom. The van der Waals surface area contributed by atoms with E-state index < -0.39 is 0 Å². The highest BCUT2D eigenvalue weighted by Gasteiger charge is 2.25. The maximum Gasteiger partial charge on any atom is 0.279 e. The Kier molecular flexibility index (Phi) is 7.73. The van der Waals surface area contributed by atoms with Gasteiger partial charge in [0, 0.05) is 32.3 Å². The van der Waals surface area contributed by atoms with Gasteiger partial charge in [0.05, 0.1) is 10.2 Å². The lowest BCUT2D eigenvalue weighted by atomic mass is 9.91. The number of amides is 1. The molecule has 1 unspecified atom stereocenters. The van der Waals surface area contributed by atoms with Crippen LogP contribution in [0.5, 0.6) is 10.9 Å². The van der Waals surface area contributed by atoms with Crippen LogP contribution >= 0.6 is 11.3 Å². The lowest BCUT2D eigenvalue weighted by molar-refractivity contribution is -0.130. The van der Waals surface area contributed by atoms with Gasteiger partial charge >= 0.3 is 0 Å². The monoisotopic (exact) mass is 479 g/mol. The van der Waals surface area contributed by atoms with E-state index >= 15 is 0 Å². The quantitative estimate of drug-likeness (QED) is 0.385. The van der Waals surface area contributed by atoms with E-state index in [9.17, 15) is 4.79 Å². The van der Waals surface area contributed by atoms with Gasteiger partial charge in [-0.1, -0.05) is 42.0 Å². The van der Waals surface area contributed by atoms with Crippen molar-refractivity contribution in [3.63, 3.8) is 0 Å². The summed E-state index contributed by atoms with van der Waals surface area (Å²) in [5, 5.41) is 3.73. The Morgan fingerprint density at radius 2 is 1.94 bits per heavy atom. The van der Waals surface area contributed by atoms with Crippen LogP contribution in [0.3, 0.4) is 0 Å². The minimum Gasteiger partial charge on any atom is -0.431 e. The van der Waals surface area contributed by atoms with Crippen LogP contribution in [-0.2, 0) is 16.0 Å². The Balaban J connectivity index is 1.08. The summed E-state index contributed by atoms with van der Waals surface area (Å²) >= 11 is 1.57. The van der Waals surface area contributed by atoms with Crippen LogP contribution in [-0.4, -0.2) is 54.2 Å². The molecule has 1 amide bonds. The van der Waals surface area contributed by atoms with Crippen LogP contribution in [0.1, 0.15) is 44.1 Å². The van der Waals surface area contributed by atoms with Crippen molar-refractivity contribution in [2.45, 2.75) is 57.1 Å². The number of hydrogen-bond donors (Lipinski definition) is 1. The van der Waals surface area contributed by atoms with E-state index in [-0.39, 0.29) is 12.0 Å². The first kappa shape index (κ1) is 23.3. The van der Waals surface area contributed by atoms with E-state index in [1.165, 1.54) is 24.8 Å². The van der Waals surface area contributed by atoms with Gasteiger partial charge in [0.2, 0.25) is 5.91 Å². The molecular weight excluding hydrogens is 446 g/mol. The van der Waals surface area contributed by atoms with Gasteiger partial charge in [0.1, 0.15) is 11.9 Å². The van der Waals surface area contributed by atoms with Crippen LogP contribution in [0.15, 0.2) is 48.5 Å². The van der Waals surface area contributed by atoms with Crippen molar-refractivity contribution in [1.82, 2.24) is 15.2 Å². The normalized spacial score (nSPS) is 18.3. The number of nitrogens with zero attached hydrogens (tertiary/aromatic N) is 2. The van der Waals surface area contributed by atoms with Crippen molar-refractivity contribution in [2.75, 3.05) is 26.2 Å². The van der Waals surface area contributed by atoms with Crippen LogP contribution < -0.4 is 10.1 Å². The molecule has 0 bridgehead atoms. The SMILES string of the molecule is O=C(NCCCN(CCc1ccc(Oc2nc3ccccc3s2)cc1)C1CCC1)C1CCCO1. The number of carbonyl (C=O) groups is 1. The molecule has 7 heteroatoms. The number of rotatable bonds is 11. The molecule has 1 aliphatic carbocycles. The average Bonchev–Trinajstić information content (AvgIpc) is 3.49. The maximum absolute atomic E-state index is 12.1. The van der Waals surface area contributed by atoms with E-state index in [2.05, 4.69) is 33.4 Å². The molecule has 0 spiro atoms. The number of ether oxygens (including phenoxy) is 2. The first-order valence-electron chi connectivity index (χ1n) is 12.5. The summed E-state index contributed by atoms with van der Waals surface area (Å²) < 4.78 is 12.6. The maximum atomic E-state index is 12.1. The molecule has 0 radical (unpaired) electrons. The lowest BCUT2D eigenvalue weighted by Crippen LogP contribution is -2.43. The second kappa shape index (κ2) is 11.3. The molecular formula is C27H33N3O3S. The lowest BCUT2D eigenvalue weighted by Gasteiger charge is -2.37. The second-order valence-electron chi connectivity index (χ2n) is 9.21. The number of aromatic nitrogens is 1.